The molecule has 2 aromatic carbocycles. The van der Waals surface area contributed by atoms with Gasteiger partial charge in [-0.05, 0) is 62.4 Å². The first-order valence-electron chi connectivity index (χ1n) is 23.4. The number of piperazine rings is 1. The van der Waals surface area contributed by atoms with Gasteiger partial charge < -0.3 is 28.8 Å². The second-order valence-corrected chi connectivity index (χ2v) is 17.6. The van der Waals surface area contributed by atoms with Crippen molar-refractivity contribution in [2.24, 2.45) is 0 Å². The van der Waals surface area contributed by atoms with Gasteiger partial charge in [-0.25, -0.2) is 19.9 Å². The van der Waals surface area contributed by atoms with Crippen LogP contribution in [0, 0.1) is 0 Å². The van der Waals surface area contributed by atoms with E-state index in [2.05, 4.69) is 130 Å². The summed E-state index contributed by atoms with van der Waals surface area (Å²) in [6.07, 6.45) is 10.9. The molecule has 0 saturated carbocycles. The molecule has 10 rings (SSSR count). The lowest BCUT2D eigenvalue weighted by Gasteiger charge is -2.34. The van der Waals surface area contributed by atoms with Crippen LogP contribution in [0.15, 0.2) is 97.6 Å². The maximum atomic E-state index is 10.1. The Morgan fingerprint density at radius 3 is 1.68 bits per heavy atom. The lowest BCUT2D eigenvalue weighted by molar-refractivity contribution is 0.0324. The van der Waals surface area contributed by atoms with Gasteiger partial charge in [0.2, 0.25) is 11.9 Å². The van der Waals surface area contributed by atoms with Crippen molar-refractivity contribution in [3.63, 3.8) is 0 Å². The summed E-state index contributed by atoms with van der Waals surface area (Å²) in [6.45, 7) is 16.0. The zero-order valence-corrected chi connectivity index (χ0v) is 41.3. The molecule has 0 spiro atoms. The van der Waals surface area contributed by atoms with Gasteiger partial charge in [-0.2, -0.15) is 0 Å². The van der Waals surface area contributed by atoms with Crippen molar-refractivity contribution in [1.82, 2.24) is 64.2 Å². The number of aliphatic hydroxyl groups is 1. The van der Waals surface area contributed by atoms with E-state index < -0.39 is 0 Å². The summed E-state index contributed by atoms with van der Waals surface area (Å²) in [6, 6.07) is 25.0. The monoisotopic (exact) mass is 989 g/mol. The van der Waals surface area contributed by atoms with E-state index in [0.29, 0.717) is 12.5 Å². The van der Waals surface area contributed by atoms with Gasteiger partial charge in [0, 0.05) is 89.6 Å². The Bertz CT molecular complexity index is 2330. The first-order chi connectivity index (χ1) is 32.0. The van der Waals surface area contributed by atoms with Gasteiger partial charge in [-0.1, -0.05) is 60.7 Å². The fourth-order valence-electron chi connectivity index (χ4n) is 9.50. The number of halogens is 3. The molecular weight excluding hydrogens is 925 g/mol. The van der Waals surface area contributed by atoms with E-state index in [1.54, 1.807) is 24.8 Å². The number of morpholine rings is 1. The minimum absolute atomic E-state index is 0. The lowest BCUT2D eigenvalue weighted by atomic mass is 9.96. The quantitative estimate of drug-likeness (QED) is 0.153. The van der Waals surface area contributed by atoms with Crippen molar-refractivity contribution >= 4 is 49.1 Å². The topological polar surface area (TPSA) is 159 Å². The smallest absolute Gasteiger partial charge is 0.225 e. The van der Waals surface area contributed by atoms with Gasteiger partial charge in [0.05, 0.1) is 51.5 Å². The highest BCUT2D eigenvalue weighted by Crippen LogP contribution is 2.30. The van der Waals surface area contributed by atoms with Gasteiger partial charge >= 0.3 is 0 Å². The highest BCUT2D eigenvalue weighted by Gasteiger charge is 2.29. The van der Waals surface area contributed by atoms with Crippen LogP contribution < -0.4 is 9.80 Å². The van der Waals surface area contributed by atoms with Crippen LogP contribution in [-0.4, -0.2) is 154 Å². The van der Waals surface area contributed by atoms with Crippen molar-refractivity contribution in [3.8, 4) is 0 Å². The van der Waals surface area contributed by atoms with E-state index in [9.17, 15) is 5.11 Å². The molecule has 4 aliphatic rings. The van der Waals surface area contributed by atoms with E-state index in [0.717, 1.165) is 159 Å². The van der Waals surface area contributed by atoms with Gasteiger partial charge in [-0.3, -0.25) is 14.7 Å². The highest BCUT2D eigenvalue weighted by molar-refractivity contribution is 5.86. The third-order valence-corrected chi connectivity index (χ3v) is 13.1. The molecule has 0 aliphatic carbocycles. The standard InChI is InChI=1S/C24H32N8O.C24H31N7O.3ClH/c1-20(21-6-3-2-4-7-21)32-22(27-28-23(32)19-30-14-16-33-17-15-30)18-29-10-12-31(13-11-29)24-25-8-5-9-26-24;32-21-8-4-13-29(17-21)18-22-27-28-23(31(22)16-19-6-2-1-3-7-19)20-9-14-30(15-10-20)24-25-11-5-12-26-24;;;/h2-9,20H,10-19H2,1H3;1-3,5-7,11-12,20-21,32H,4,8-10,13-18H2;3*1H/t20-;;;;/m0..../s1. The summed E-state index contributed by atoms with van der Waals surface area (Å²) >= 11 is 0. The molecule has 366 valence electrons. The first kappa shape index (κ1) is 52.5. The van der Waals surface area contributed by atoms with E-state index in [1.807, 2.05) is 18.2 Å². The number of β-amino-alcohol motifs (C(OH)–C–C–N with tert-alkyl or cyclic N) is 1. The number of benzene rings is 2. The Balaban J connectivity index is 0.000000215. The Kier molecular flexibility index (Phi) is 20.2. The Labute approximate surface area is 418 Å². The first-order valence-corrected chi connectivity index (χ1v) is 23.4. The molecule has 1 unspecified atom stereocenters. The van der Waals surface area contributed by atoms with E-state index in [1.165, 1.54) is 11.1 Å². The number of rotatable bonds is 13. The molecular formula is C48H66Cl3N15O2. The molecule has 20 heteroatoms. The molecule has 1 N–H and O–H groups in total. The Morgan fingerprint density at radius 1 is 0.559 bits per heavy atom. The number of anilines is 2. The number of aliphatic hydroxyl groups excluding tert-OH is 1. The van der Waals surface area contributed by atoms with Crippen molar-refractivity contribution in [3.05, 3.63) is 132 Å². The minimum atomic E-state index is -0.238. The molecule has 0 amide bonds. The lowest BCUT2D eigenvalue weighted by Crippen LogP contribution is -2.46. The summed E-state index contributed by atoms with van der Waals surface area (Å²) in [5.74, 6) is 6.11. The number of likely N-dealkylation sites (tertiary alicyclic amines) is 1. The molecule has 68 heavy (non-hydrogen) atoms. The summed E-state index contributed by atoms with van der Waals surface area (Å²) in [7, 11) is 0. The predicted octanol–water partition coefficient (Wildman–Crippen LogP) is 5.55. The third-order valence-electron chi connectivity index (χ3n) is 13.1. The zero-order chi connectivity index (χ0) is 44.2. The number of hydrogen-bond donors (Lipinski definition) is 1. The largest absolute Gasteiger partial charge is 0.392 e. The predicted molar refractivity (Wildman–Crippen MR) is 270 cm³/mol. The van der Waals surface area contributed by atoms with Crippen LogP contribution in [0.25, 0.3) is 0 Å². The van der Waals surface area contributed by atoms with E-state index >= 15 is 0 Å². The molecule has 8 heterocycles. The Morgan fingerprint density at radius 2 is 1.09 bits per heavy atom. The van der Waals surface area contributed by atoms with Crippen molar-refractivity contribution in [2.75, 3.05) is 88.5 Å². The summed E-state index contributed by atoms with van der Waals surface area (Å²) in [5.41, 5.74) is 2.52. The van der Waals surface area contributed by atoms with Gasteiger partial charge in [-0.15, -0.1) is 57.6 Å². The number of ether oxygens (including phenoxy) is 1. The van der Waals surface area contributed by atoms with Crippen LogP contribution >= 0.6 is 37.2 Å². The highest BCUT2D eigenvalue weighted by atomic mass is 35.5. The molecule has 4 fully saturated rings. The zero-order valence-electron chi connectivity index (χ0n) is 38.9. The van der Waals surface area contributed by atoms with Gasteiger partial charge in [0.15, 0.2) is 0 Å². The molecule has 4 saturated heterocycles. The van der Waals surface area contributed by atoms with Crippen molar-refractivity contribution in [2.45, 2.75) is 76.8 Å². The molecule has 4 aliphatic heterocycles. The van der Waals surface area contributed by atoms with Crippen molar-refractivity contribution < 1.29 is 9.84 Å². The maximum absolute atomic E-state index is 10.1. The molecule has 0 radical (unpaired) electrons. The number of hydrogen-bond acceptors (Lipinski definition) is 15. The van der Waals surface area contributed by atoms with Crippen LogP contribution in [0.5, 0.6) is 0 Å². The average molecular weight is 992 g/mol. The van der Waals surface area contributed by atoms with Crippen LogP contribution in [0.2, 0.25) is 0 Å². The van der Waals surface area contributed by atoms with Crippen LogP contribution in [-0.2, 0) is 30.9 Å². The number of aromatic nitrogens is 10. The van der Waals surface area contributed by atoms with Crippen LogP contribution in [0.4, 0.5) is 11.9 Å². The molecule has 6 aromatic rings. The van der Waals surface area contributed by atoms with Crippen LogP contribution in [0.1, 0.15) is 79.0 Å². The molecule has 2 atom stereocenters. The fraction of sp³-hybridized carbons (Fsp3) is 0.500. The minimum Gasteiger partial charge on any atom is -0.392 e. The van der Waals surface area contributed by atoms with Crippen molar-refractivity contribution in [1.29, 1.82) is 0 Å². The van der Waals surface area contributed by atoms with Gasteiger partial charge in [0.25, 0.3) is 0 Å². The molecule has 4 aromatic heterocycles. The number of piperidine rings is 2. The number of nitrogens with zero attached hydrogens (tertiary/aromatic N) is 15. The van der Waals surface area contributed by atoms with E-state index in [-0.39, 0.29) is 49.4 Å². The maximum Gasteiger partial charge on any atom is 0.225 e. The molecule has 0 bridgehead atoms. The summed E-state index contributed by atoms with van der Waals surface area (Å²) < 4.78 is 10.2. The average Bonchev–Trinajstić information content (AvgIpc) is 3.95. The second kappa shape index (κ2) is 26.2. The summed E-state index contributed by atoms with van der Waals surface area (Å²) in [4.78, 5) is 29.3. The van der Waals surface area contributed by atoms with Crippen LogP contribution in [0.3, 0.4) is 0 Å². The van der Waals surface area contributed by atoms with Gasteiger partial charge in [0.1, 0.15) is 23.3 Å². The fourth-order valence-corrected chi connectivity index (χ4v) is 9.50. The molecule has 17 nitrogen and oxygen atoms in total. The third kappa shape index (κ3) is 13.7. The second-order valence-electron chi connectivity index (χ2n) is 17.6. The summed E-state index contributed by atoms with van der Waals surface area (Å²) in [5, 5.41) is 28.8. The Hall–Kier alpha value is -4.85. The normalized spacial score (nSPS) is 18.9. The SMILES string of the molecule is C[C@@H](c1ccccc1)n1c(CN2CCOCC2)nnc1CN1CCN(c2ncccn2)CC1.Cl.Cl.Cl.OC1CCCN(Cc2nnc(C3CCN(c4ncccn4)CC3)n2Cc2ccccc2)C1. The van der Waals surface area contributed by atoms with E-state index in [4.69, 9.17) is 9.84 Å².